The van der Waals surface area contributed by atoms with Crippen molar-refractivity contribution in [2.75, 3.05) is 52.4 Å². The topological polar surface area (TPSA) is 118 Å². The Morgan fingerprint density at radius 1 is 1.29 bits per heavy atom. The Kier molecular flexibility index (Phi) is 8.89. The van der Waals surface area contributed by atoms with Crippen molar-refractivity contribution in [3.8, 4) is 5.75 Å². The lowest BCUT2D eigenvalue weighted by atomic mass is 9.93. The van der Waals surface area contributed by atoms with Crippen molar-refractivity contribution in [3.05, 3.63) is 33.9 Å². The predicted octanol–water partition coefficient (Wildman–Crippen LogP) is 2.10. The Morgan fingerprint density at radius 2 is 2.09 bits per heavy atom. The molecule has 1 aromatic carbocycles. The van der Waals surface area contributed by atoms with E-state index in [1.54, 1.807) is 7.11 Å². The average Bonchev–Trinajstić information content (AvgIpc) is 3.48. The Morgan fingerprint density at radius 3 is 2.76 bits per heavy atom. The average molecular weight is 475 g/mol. The van der Waals surface area contributed by atoms with Gasteiger partial charge in [-0.1, -0.05) is 11.6 Å². The SMILES string of the molecule is CNC(=O)Nc1c(CC=C(C)CCC(=O)OCCN2CCNC2)c(OC)c(C)c2c1C(=O)OC2. The van der Waals surface area contributed by atoms with Gasteiger partial charge in [0, 0.05) is 50.9 Å². The summed E-state index contributed by atoms with van der Waals surface area (Å²) in [5, 5.41) is 8.53. The number of allylic oxidation sites excluding steroid dienone is 2. The van der Waals surface area contributed by atoms with Gasteiger partial charge in [-0.2, -0.15) is 0 Å². The van der Waals surface area contributed by atoms with Gasteiger partial charge in [-0.15, -0.1) is 0 Å². The highest BCUT2D eigenvalue weighted by Crippen LogP contribution is 2.41. The number of carbonyl (C=O) groups is 3. The van der Waals surface area contributed by atoms with E-state index in [-0.39, 0.29) is 19.0 Å². The molecule has 10 nitrogen and oxygen atoms in total. The van der Waals surface area contributed by atoms with Crippen molar-refractivity contribution in [1.82, 2.24) is 15.5 Å². The van der Waals surface area contributed by atoms with Crippen LogP contribution in [0.15, 0.2) is 11.6 Å². The second-order valence-electron chi connectivity index (χ2n) is 8.40. The minimum absolute atomic E-state index is 0.143. The highest BCUT2D eigenvalue weighted by atomic mass is 16.5. The molecule has 0 aliphatic carbocycles. The molecule has 186 valence electrons. The zero-order valence-corrected chi connectivity index (χ0v) is 20.3. The fourth-order valence-corrected chi connectivity index (χ4v) is 4.15. The number of nitrogens with one attached hydrogen (secondary N) is 3. The number of urea groups is 1. The largest absolute Gasteiger partial charge is 0.496 e. The van der Waals surface area contributed by atoms with Crippen LogP contribution in [-0.2, 0) is 27.3 Å². The maximum Gasteiger partial charge on any atom is 0.341 e. The van der Waals surface area contributed by atoms with Gasteiger partial charge in [0.25, 0.3) is 0 Å². The van der Waals surface area contributed by atoms with E-state index in [2.05, 4.69) is 20.9 Å². The molecule has 0 unspecified atom stereocenters. The third-order valence-corrected chi connectivity index (χ3v) is 6.13. The van der Waals surface area contributed by atoms with Crippen molar-refractivity contribution in [3.63, 3.8) is 0 Å². The summed E-state index contributed by atoms with van der Waals surface area (Å²) in [6.07, 6.45) is 3.22. The number of ether oxygens (including phenoxy) is 3. The number of nitrogens with zero attached hydrogens (tertiary/aromatic N) is 1. The Labute approximate surface area is 200 Å². The van der Waals surface area contributed by atoms with Crippen molar-refractivity contribution in [2.45, 2.75) is 39.7 Å². The Balaban J connectivity index is 1.69. The zero-order chi connectivity index (χ0) is 24.7. The first kappa shape index (κ1) is 25.5. The number of carbonyl (C=O) groups excluding carboxylic acids is 3. The van der Waals surface area contributed by atoms with Crippen LogP contribution in [0.2, 0.25) is 0 Å². The van der Waals surface area contributed by atoms with Gasteiger partial charge in [-0.05, 0) is 32.3 Å². The van der Waals surface area contributed by atoms with Gasteiger partial charge in [-0.25, -0.2) is 9.59 Å². The highest BCUT2D eigenvalue weighted by Gasteiger charge is 2.32. The normalized spacial score (nSPS) is 15.6. The third-order valence-electron chi connectivity index (χ3n) is 6.13. The number of fused-ring (bicyclic) bond motifs is 1. The number of amides is 2. The van der Waals surface area contributed by atoms with E-state index in [1.807, 2.05) is 19.9 Å². The van der Waals surface area contributed by atoms with Gasteiger partial charge in [0.2, 0.25) is 0 Å². The lowest BCUT2D eigenvalue weighted by molar-refractivity contribution is -0.143. The fraction of sp³-hybridized carbons (Fsp3) is 0.542. The third kappa shape index (κ3) is 6.06. The van der Waals surface area contributed by atoms with Gasteiger partial charge in [0.1, 0.15) is 19.0 Å². The molecule has 0 spiro atoms. The number of anilines is 1. The van der Waals surface area contributed by atoms with Gasteiger partial charge < -0.3 is 30.2 Å². The molecule has 1 fully saturated rings. The van der Waals surface area contributed by atoms with Gasteiger partial charge >= 0.3 is 18.0 Å². The Bertz CT molecular complexity index is 969. The summed E-state index contributed by atoms with van der Waals surface area (Å²) in [5.74, 6) is -0.0968. The maximum absolute atomic E-state index is 12.4. The fourth-order valence-electron chi connectivity index (χ4n) is 4.15. The van der Waals surface area contributed by atoms with Crippen LogP contribution < -0.4 is 20.7 Å². The number of cyclic esters (lactones) is 1. The molecular weight excluding hydrogens is 440 g/mol. The number of hydrogen-bond acceptors (Lipinski definition) is 8. The minimum atomic E-state index is -0.471. The molecule has 3 N–H and O–H groups in total. The van der Waals surface area contributed by atoms with Crippen LogP contribution in [0.3, 0.4) is 0 Å². The van der Waals surface area contributed by atoms with E-state index in [0.29, 0.717) is 47.6 Å². The number of rotatable bonds is 10. The quantitative estimate of drug-likeness (QED) is 0.349. The molecule has 2 aliphatic heterocycles. The molecule has 2 heterocycles. The predicted molar refractivity (Wildman–Crippen MR) is 127 cm³/mol. The molecule has 0 bridgehead atoms. The maximum atomic E-state index is 12.4. The molecule has 0 saturated carbocycles. The van der Waals surface area contributed by atoms with Crippen LogP contribution >= 0.6 is 0 Å². The summed E-state index contributed by atoms with van der Waals surface area (Å²) in [4.78, 5) is 38.9. The summed E-state index contributed by atoms with van der Waals surface area (Å²) in [6.45, 7) is 7.85. The Hall–Kier alpha value is -3.11. The first-order chi connectivity index (χ1) is 16.3. The molecule has 3 rings (SSSR count). The summed E-state index contributed by atoms with van der Waals surface area (Å²) in [6, 6.07) is -0.442. The van der Waals surface area contributed by atoms with E-state index in [0.717, 1.165) is 37.4 Å². The highest BCUT2D eigenvalue weighted by molar-refractivity contribution is 6.05. The van der Waals surface area contributed by atoms with Crippen molar-refractivity contribution < 1.29 is 28.6 Å². The zero-order valence-electron chi connectivity index (χ0n) is 20.3. The molecule has 1 saturated heterocycles. The minimum Gasteiger partial charge on any atom is -0.496 e. The molecule has 34 heavy (non-hydrogen) atoms. The van der Waals surface area contributed by atoms with Crippen molar-refractivity contribution >= 4 is 23.7 Å². The molecule has 0 aromatic heterocycles. The monoisotopic (exact) mass is 474 g/mol. The van der Waals surface area contributed by atoms with E-state index in [4.69, 9.17) is 14.2 Å². The van der Waals surface area contributed by atoms with Gasteiger partial charge in [-0.3, -0.25) is 9.69 Å². The van der Waals surface area contributed by atoms with Crippen LogP contribution in [0.4, 0.5) is 10.5 Å². The van der Waals surface area contributed by atoms with Gasteiger partial charge in [0.15, 0.2) is 0 Å². The molecular formula is C24H34N4O6. The van der Waals surface area contributed by atoms with E-state index in [1.165, 1.54) is 7.05 Å². The summed E-state index contributed by atoms with van der Waals surface area (Å²) in [5.41, 5.74) is 3.95. The lowest BCUT2D eigenvalue weighted by Crippen LogP contribution is -2.27. The standard InChI is InChI=1S/C24H34N4O6/c1-15(6-8-19(29)33-12-11-28-10-9-26-14-28)5-7-17-21(27-24(31)25-3)20-18(13-34-23(20)30)16(2)22(17)32-4/h5,26H,6-14H2,1-4H3,(H2,25,27,31). The van der Waals surface area contributed by atoms with Crippen LogP contribution in [0, 0.1) is 6.92 Å². The van der Waals surface area contributed by atoms with Crippen LogP contribution in [-0.4, -0.2) is 69.9 Å². The van der Waals surface area contributed by atoms with Gasteiger partial charge in [0.05, 0.1) is 18.4 Å². The van der Waals surface area contributed by atoms with Crippen molar-refractivity contribution in [2.24, 2.45) is 0 Å². The number of hydrogen-bond donors (Lipinski definition) is 3. The second-order valence-corrected chi connectivity index (χ2v) is 8.40. The lowest BCUT2D eigenvalue weighted by Gasteiger charge is -2.19. The van der Waals surface area contributed by atoms with Crippen LogP contribution in [0.25, 0.3) is 0 Å². The number of methoxy groups -OCH3 is 1. The molecule has 0 radical (unpaired) electrons. The molecule has 10 heteroatoms. The molecule has 2 aliphatic rings. The number of benzene rings is 1. The molecule has 1 aromatic rings. The first-order valence-electron chi connectivity index (χ1n) is 11.5. The summed E-state index contributed by atoms with van der Waals surface area (Å²) < 4.78 is 16.2. The van der Waals surface area contributed by atoms with E-state index < -0.39 is 12.0 Å². The molecule has 2 amide bonds. The number of esters is 2. The summed E-state index contributed by atoms with van der Waals surface area (Å²) >= 11 is 0. The van der Waals surface area contributed by atoms with Crippen molar-refractivity contribution in [1.29, 1.82) is 0 Å². The van der Waals surface area contributed by atoms with E-state index >= 15 is 0 Å². The van der Waals surface area contributed by atoms with Crippen LogP contribution in [0.1, 0.15) is 46.8 Å². The molecule has 0 atom stereocenters. The summed E-state index contributed by atoms with van der Waals surface area (Å²) in [7, 11) is 3.06. The first-order valence-corrected chi connectivity index (χ1v) is 11.5. The second kappa shape index (κ2) is 11.8. The van der Waals surface area contributed by atoms with E-state index in [9.17, 15) is 14.4 Å². The smallest absolute Gasteiger partial charge is 0.341 e. The van der Waals surface area contributed by atoms with Crippen LogP contribution in [0.5, 0.6) is 5.75 Å².